The number of nitriles is 1. The summed E-state index contributed by atoms with van der Waals surface area (Å²) in [5.41, 5.74) is -0.915. The predicted octanol–water partition coefficient (Wildman–Crippen LogP) is 0.406. The maximum atomic E-state index is 11.9. The van der Waals surface area contributed by atoms with Gasteiger partial charge < -0.3 is 0 Å². The smallest absolute Gasteiger partial charge is 0.176 e. The van der Waals surface area contributed by atoms with E-state index in [0.717, 1.165) is 12.8 Å². The Morgan fingerprint density at radius 1 is 1.56 bits per heavy atom. The maximum absolute atomic E-state index is 11.9. The highest BCUT2D eigenvalue weighted by molar-refractivity contribution is 5.88. The van der Waals surface area contributed by atoms with E-state index in [9.17, 15) is 10.1 Å². The summed E-state index contributed by atoms with van der Waals surface area (Å²) in [5.74, 6) is 0.494. The van der Waals surface area contributed by atoms with Crippen LogP contribution >= 0.6 is 0 Å². The molecular formula is C10H13N5O. The number of hydrogen-bond donors (Lipinski definition) is 0. The molecule has 0 aromatic carbocycles. The van der Waals surface area contributed by atoms with Gasteiger partial charge in [-0.25, -0.2) is 0 Å². The molecule has 1 saturated carbocycles. The molecule has 0 bridgehead atoms. The largest absolute Gasteiger partial charge is 0.298 e. The summed E-state index contributed by atoms with van der Waals surface area (Å²) in [5, 5.41) is 20.8. The number of tetrazole rings is 1. The van der Waals surface area contributed by atoms with Gasteiger partial charge in [-0.1, -0.05) is 6.42 Å². The van der Waals surface area contributed by atoms with Crippen LogP contribution in [0.15, 0.2) is 0 Å². The van der Waals surface area contributed by atoms with E-state index in [1.165, 1.54) is 4.80 Å². The van der Waals surface area contributed by atoms with E-state index < -0.39 is 5.41 Å². The number of aromatic nitrogens is 4. The lowest BCUT2D eigenvalue weighted by Crippen LogP contribution is -2.35. The third kappa shape index (κ3) is 1.81. The Morgan fingerprint density at radius 2 is 2.38 bits per heavy atom. The van der Waals surface area contributed by atoms with Gasteiger partial charge in [0, 0.05) is 12.8 Å². The highest BCUT2D eigenvalue weighted by Crippen LogP contribution is 2.35. The lowest BCUT2D eigenvalue weighted by molar-refractivity contribution is -0.128. The number of ketones is 1. The number of carbonyl (C=O) groups is 1. The van der Waals surface area contributed by atoms with Crippen LogP contribution in [0.5, 0.6) is 0 Å². The topological polar surface area (TPSA) is 84.5 Å². The van der Waals surface area contributed by atoms with Crippen LogP contribution in [0.25, 0.3) is 0 Å². The molecule has 1 aliphatic rings. The zero-order chi connectivity index (χ0) is 11.6. The molecule has 1 atom stereocenters. The molecule has 1 aromatic rings. The number of Topliss-reactive ketones (excluding diaryl/α,β-unsaturated/α-hetero) is 1. The average molecular weight is 219 g/mol. The molecule has 0 aliphatic heterocycles. The molecular weight excluding hydrogens is 206 g/mol. The molecule has 6 heteroatoms. The zero-order valence-corrected chi connectivity index (χ0v) is 9.18. The number of aryl methyl sites for hydroxylation is 1. The monoisotopic (exact) mass is 219 g/mol. The van der Waals surface area contributed by atoms with Crippen molar-refractivity contribution in [2.24, 2.45) is 12.5 Å². The minimum atomic E-state index is -0.915. The summed E-state index contributed by atoms with van der Waals surface area (Å²) in [6.45, 7) is 0. The first-order chi connectivity index (χ1) is 7.66. The summed E-state index contributed by atoms with van der Waals surface area (Å²) < 4.78 is 0. The van der Waals surface area contributed by atoms with Crippen LogP contribution in [0.1, 0.15) is 31.5 Å². The van der Waals surface area contributed by atoms with Crippen molar-refractivity contribution in [3.63, 3.8) is 0 Å². The minimum Gasteiger partial charge on any atom is -0.298 e. The second kappa shape index (κ2) is 4.00. The molecule has 84 valence electrons. The first-order valence-electron chi connectivity index (χ1n) is 5.34. The van der Waals surface area contributed by atoms with E-state index in [0.29, 0.717) is 18.7 Å². The second-order valence-electron chi connectivity index (χ2n) is 4.20. The standard InChI is InChI=1S/C10H13N5O/c1-15-13-9(12-14-15)6-10(7-11)5-3-2-4-8(10)16/h2-6H2,1H3. The molecule has 1 heterocycles. The van der Waals surface area contributed by atoms with Gasteiger partial charge in [0.1, 0.15) is 5.41 Å². The van der Waals surface area contributed by atoms with Gasteiger partial charge in [0.15, 0.2) is 11.6 Å². The molecule has 1 unspecified atom stereocenters. The van der Waals surface area contributed by atoms with Gasteiger partial charge in [0.2, 0.25) is 0 Å². The predicted molar refractivity (Wildman–Crippen MR) is 54.0 cm³/mol. The molecule has 1 fully saturated rings. The second-order valence-corrected chi connectivity index (χ2v) is 4.20. The van der Waals surface area contributed by atoms with Gasteiger partial charge in [0.25, 0.3) is 0 Å². The van der Waals surface area contributed by atoms with E-state index in [2.05, 4.69) is 21.5 Å². The minimum absolute atomic E-state index is 0.0219. The molecule has 0 N–H and O–H groups in total. The van der Waals surface area contributed by atoms with Crippen molar-refractivity contribution in [1.82, 2.24) is 20.2 Å². The summed E-state index contributed by atoms with van der Waals surface area (Å²) in [6, 6.07) is 2.16. The highest BCUT2D eigenvalue weighted by atomic mass is 16.1. The number of carbonyl (C=O) groups excluding carboxylic acids is 1. The fourth-order valence-electron chi connectivity index (χ4n) is 2.10. The van der Waals surface area contributed by atoms with Gasteiger partial charge >= 0.3 is 0 Å². The van der Waals surface area contributed by atoms with Gasteiger partial charge in [-0.2, -0.15) is 10.1 Å². The van der Waals surface area contributed by atoms with E-state index in [-0.39, 0.29) is 12.2 Å². The van der Waals surface area contributed by atoms with Crippen molar-refractivity contribution in [3.05, 3.63) is 5.82 Å². The lowest BCUT2D eigenvalue weighted by atomic mass is 9.72. The first-order valence-corrected chi connectivity index (χ1v) is 5.34. The van der Waals surface area contributed by atoms with E-state index in [1.807, 2.05) is 0 Å². The van der Waals surface area contributed by atoms with Crippen molar-refractivity contribution in [2.45, 2.75) is 32.1 Å². The van der Waals surface area contributed by atoms with Crippen molar-refractivity contribution in [3.8, 4) is 6.07 Å². The molecule has 0 spiro atoms. The third-order valence-corrected chi connectivity index (χ3v) is 3.01. The summed E-state index contributed by atoms with van der Waals surface area (Å²) in [7, 11) is 1.66. The van der Waals surface area contributed by atoms with Crippen molar-refractivity contribution >= 4 is 5.78 Å². The fourth-order valence-corrected chi connectivity index (χ4v) is 2.10. The van der Waals surface area contributed by atoms with Crippen molar-refractivity contribution in [2.75, 3.05) is 0 Å². The Hall–Kier alpha value is -1.77. The maximum Gasteiger partial charge on any atom is 0.176 e. The summed E-state index contributed by atoms with van der Waals surface area (Å²) in [4.78, 5) is 13.2. The first kappa shape index (κ1) is 10.7. The average Bonchev–Trinajstić information content (AvgIpc) is 2.67. The van der Waals surface area contributed by atoms with E-state index in [4.69, 9.17) is 0 Å². The Balaban J connectivity index is 2.22. The lowest BCUT2D eigenvalue weighted by Gasteiger charge is -2.27. The van der Waals surface area contributed by atoms with E-state index in [1.54, 1.807) is 7.05 Å². The highest BCUT2D eigenvalue weighted by Gasteiger charge is 2.41. The van der Waals surface area contributed by atoms with Crippen LogP contribution in [-0.2, 0) is 18.3 Å². The van der Waals surface area contributed by atoms with Crippen LogP contribution < -0.4 is 0 Å². The Bertz CT molecular complexity index is 446. The molecule has 0 amide bonds. The molecule has 6 nitrogen and oxygen atoms in total. The Morgan fingerprint density at radius 3 is 2.94 bits per heavy atom. The quantitative estimate of drug-likeness (QED) is 0.719. The Labute approximate surface area is 93.2 Å². The summed E-state index contributed by atoms with van der Waals surface area (Å²) in [6.07, 6.45) is 3.19. The van der Waals surface area contributed by atoms with Gasteiger partial charge in [-0.15, -0.1) is 10.2 Å². The van der Waals surface area contributed by atoms with Crippen LogP contribution in [-0.4, -0.2) is 26.0 Å². The molecule has 0 radical (unpaired) electrons. The molecule has 0 saturated heterocycles. The number of hydrogen-bond acceptors (Lipinski definition) is 5. The zero-order valence-electron chi connectivity index (χ0n) is 9.18. The SMILES string of the molecule is Cn1nnc(CC2(C#N)CCCCC2=O)n1. The van der Waals surface area contributed by atoms with Crippen molar-refractivity contribution < 1.29 is 4.79 Å². The summed E-state index contributed by atoms with van der Waals surface area (Å²) >= 11 is 0. The molecule has 1 aliphatic carbocycles. The van der Waals surface area contributed by atoms with Crippen LogP contribution in [0, 0.1) is 16.7 Å². The van der Waals surface area contributed by atoms with Crippen LogP contribution in [0.3, 0.4) is 0 Å². The number of nitrogens with zero attached hydrogens (tertiary/aromatic N) is 5. The fraction of sp³-hybridized carbons (Fsp3) is 0.700. The van der Waals surface area contributed by atoms with Crippen LogP contribution in [0.2, 0.25) is 0 Å². The van der Waals surface area contributed by atoms with E-state index >= 15 is 0 Å². The Kier molecular flexibility index (Phi) is 2.69. The third-order valence-electron chi connectivity index (χ3n) is 3.01. The number of rotatable bonds is 2. The van der Waals surface area contributed by atoms with Crippen LogP contribution in [0.4, 0.5) is 0 Å². The molecule has 1 aromatic heterocycles. The van der Waals surface area contributed by atoms with Gasteiger partial charge in [-0.3, -0.25) is 4.79 Å². The molecule has 16 heavy (non-hydrogen) atoms. The van der Waals surface area contributed by atoms with Gasteiger partial charge in [0.05, 0.1) is 13.1 Å². The van der Waals surface area contributed by atoms with Gasteiger partial charge in [-0.05, 0) is 18.1 Å². The van der Waals surface area contributed by atoms with Crippen molar-refractivity contribution in [1.29, 1.82) is 5.26 Å². The molecule has 2 rings (SSSR count). The normalized spacial score (nSPS) is 25.4.